The summed E-state index contributed by atoms with van der Waals surface area (Å²) in [6.45, 7) is 3.73. The number of aromatic nitrogens is 2. The van der Waals surface area contributed by atoms with Gasteiger partial charge in [0.15, 0.2) is 5.69 Å². The Labute approximate surface area is 153 Å². The number of nitrogens with zero attached hydrogens (tertiary/aromatic N) is 4. The fraction of sp³-hybridized carbons (Fsp3) is 0.722. The van der Waals surface area contributed by atoms with E-state index < -0.39 is 0 Å². The molecule has 1 N–H and O–H groups in total. The molecule has 3 heterocycles. The van der Waals surface area contributed by atoms with Crippen LogP contribution in [-0.4, -0.2) is 59.0 Å². The van der Waals surface area contributed by atoms with E-state index in [1.807, 2.05) is 0 Å². The summed E-state index contributed by atoms with van der Waals surface area (Å²) in [5.41, 5.74) is 0.298. The SMILES string of the molecule is O=C(NCC1CCCCN1C1CC1)c1nc(N2CCCC2)ncc1Cl. The molecule has 2 saturated heterocycles. The van der Waals surface area contributed by atoms with Crippen LogP contribution < -0.4 is 10.2 Å². The van der Waals surface area contributed by atoms with E-state index in [-0.39, 0.29) is 5.91 Å². The molecule has 0 aromatic carbocycles. The highest BCUT2D eigenvalue weighted by atomic mass is 35.5. The van der Waals surface area contributed by atoms with Crippen molar-refractivity contribution in [2.75, 3.05) is 31.1 Å². The molecule has 2 aliphatic heterocycles. The molecule has 3 fully saturated rings. The zero-order valence-corrected chi connectivity index (χ0v) is 15.3. The number of nitrogens with one attached hydrogen (secondary N) is 1. The summed E-state index contributed by atoms with van der Waals surface area (Å²) in [7, 11) is 0. The highest BCUT2D eigenvalue weighted by Gasteiger charge is 2.35. The van der Waals surface area contributed by atoms with Crippen LogP contribution in [-0.2, 0) is 0 Å². The van der Waals surface area contributed by atoms with Gasteiger partial charge in [0.1, 0.15) is 0 Å². The molecule has 1 unspecified atom stereocenters. The van der Waals surface area contributed by atoms with Crippen molar-refractivity contribution in [1.29, 1.82) is 0 Å². The maximum Gasteiger partial charge on any atom is 0.271 e. The van der Waals surface area contributed by atoms with Gasteiger partial charge in [0.25, 0.3) is 5.91 Å². The van der Waals surface area contributed by atoms with Gasteiger partial charge in [0.2, 0.25) is 5.95 Å². The molecule has 3 aliphatic rings. The van der Waals surface area contributed by atoms with Crippen molar-refractivity contribution in [3.8, 4) is 0 Å². The van der Waals surface area contributed by atoms with Crippen molar-refractivity contribution >= 4 is 23.5 Å². The second kappa shape index (κ2) is 7.46. The third kappa shape index (κ3) is 3.90. The lowest BCUT2D eigenvalue weighted by atomic mass is 10.0. The predicted octanol–water partition coefficient (Wildman–Crippen LogP) is 2.48. The summed E-state index contributed by atoms with van der Waals surface area (Å²) in [6.07, 6.45) is 10.1. The first-order chi connectivity index (χ1) is 12.2. The largest absolute Gasteiger partial charge is 0.349 e. The molecular weight excluding hydrogens is 338 g/mol. The van der Waals surface area contributed by atoms with Gasteiger partial charge in [-0.2, -0.15) is 0 Å². The summed E-state index contributed by atoms with van der Waals surface area (Å²) < 4.78 is 0. The van der Waals surface area contributed by atoms with Gasteiger partial charge in [-0.25, -0.2) is 9.97 Å². The van der Waals surface area contributed by atoms with Crippen LogP contribution >= 0.6 is 11.6 Å². The molecule has 1 atom stereocenters. The monoisotopic (exact) mass is 363 g/mol. The highest BCUT2D eigenvalue weighted by molar-refractivity contribution is 6.33. The van der Waals surface area contributed by atoms with E-state index in [1.165, 1.54) is 32.2 Å². The van der Waals surface area contributed by atoms with E-state index in [2.05, 4.69) is 25.1 Å². The molecule has 1 aliphatic carbocycles. The molecule has 25 heavy (non-hydrogen) atoms. The van der Waals surface area contributed by atoms with Gasteiger partial charge in [-0.1, -0.05) is 18.0 Å². The van der Waals surface area contributed by atoms with E-state index in [0.717, 1.165) is 38.4 Å². The molecule has 6 nitrogen and oxygen atoms in total. The van der Waals surface area contributed by atoms with Crippen LogP contribution in [0.2, 0.25) is 5.02 Å². The molecule has 0 spiro atoms. The number of carbonyl (C=O) groups excluding carboxylic acids is 1. The number of hydrogen-bond acceptors (Lipinski definition) is 5. The van der Waals surface area contributed by atoms with Gasteiger partial charge >= 0.3 is 0 Å². The molecule has 1 aromatic rings. The van der Waals surface area contributed by atoms with Crippen molar-refractivity contribution in [3.63, 3.8) is 0 Å². The smallest absolute Gasteiger partial charge is 0.271 e. The third-order valence-corrected chi connectivity index (χ3v) is 5.80. The fourth-order valence-corrected chi connectivity index (χ4v) is 4.19. The van der Waals surface area contributed by atoms with E-state index >= 15 is 0 Å². The highest BCUT2D eigenvalue weighted by Crippen LogP contribution is 2.32. The second-order valence-corrected chi connectivity index (χ2v) is 7.80. The summed E-state index contributed by atoms with van der Waals surface area (Å²) in [4.78, 5) is 26.1. The summed E-state index contributed by atoms with van der Waals surface area (Å²) in [5, 5.41) is 3.39. The lowest BCUT2D eigenvalue weighted by molar-refractivity contribution is 0.0902. The Hall–Kier alpha value is -1.40. The van der Waals surface area contributed by atoms with Crippen LogP contribution in [0, 0.1) is 0 Å². The van der Waals surface area contributed by atoms with Crippen molar-refractivity contribution in [3.05, 3.63) is 16.9 Å². The van der Waals surface area contributed by atoms with E-state index in [9.17, 15) is 4.79 Å². The minimum atomic E-state index is -0.186. The first-order valence-corrected chi connectivity index (χ1v) is 9.91. The van der Waals surface area contributed by atoms with E-state index in [0.29, 0.717) is 29.3 Å². The van der Waals surface area contributed by atoms with E-state index in [1.54, 1.807) is 6.20 Å². The second-order valence-electron chi connectivity index (χ2n) is 7.39. The number of piperidine rings is 1. The van der Waals surface area contributed by atoms with Crippen LogP contribution in [0.15, 0.2) is 6.20 Å². The van der Waals surface area contributed by atoms with Crippen molar-refractivity contribution in [1.82, 2.24) is 20.2 Å². The molecule has 136 valence electrons. The Morgan fingerprint density at radius 2 is 1.92 bits per heavy atom. The number of likely N-dealkylation sites (tertiary alicyclic amines) is 1. The Bertz CT molecular complexity index is 630. The van der Waals surface area contributed by atoms with Crippen LogP contribution in [0.3, 0.4) is 0 Å². The minimum absolute atomic E-state index is 0.186. The lowest BCUT2D eigenvalue weighted by Gasteiger charge is -2.36. The average molecular weight is 364 g/mol. The number of carbonyl (C=O) groups is 1. The lowest BCUT2D eigenvalue weighted by Crippen LogP contribution is -2.47. The number of amides is 1. The summed E-state index contributed by atoms with van der Waals surface area (Å²) >= 11 is 6.19. The van der Waals surface area contributed by atoms with Crippen LogP contribution in [0.5, 0.6) is 0 Å². The molecule has 1 amide bonds. The zero-order valence-electron chi connectivity index (χ0n) is 14.6. The molecule has 0 radical (unpaired) electrons. The molecule has 7 heteroatoms. The summed E-state index contributed by atoms with van der Waals surface area (Å²) in [5.74, 6) is 0.429. The number of rotatable bonds is 5. The maximum absolute atomic E-state index is 12.6. The van der Waals surface area contributed by atoms with Gasteiger partial charge in [0, 0.05) is 31.7 Å². The Kier molecular flexibility index (Phi) is 5.08. The standard InChI is InChI=1S/C18H26ClN5O/c19-15-12-21-18(23-8-3-4-9-23)22-16(15)17(25)20-11-14-5-1-2-10-24(14)13-6-7-13/h12-14H,1-11H2,(H,20,25). The quantitative estimate of drug-likeness (QED) is 0.870. The van der Waals surface area contributed by atoms with Crippen LogP contribution in [0.4, 0.5) is 5.95 Å². The number of hydrogen-bond donors (Lipinski definition) is 1. The average Bonchev–Trinajstić information content (AvgIpc) is 3.34. The molecule has 1 saturated carbocycles. The van der Waals surface area contributed by atoms with Gasteiger partial charge in [-0.15, -0.1) is 0 Å². The predicted molar refractivity (Wildman–Crippen MR) is 98.2 cm³/mol. The zero-order chi connectivity index (χ0) is 17.2. The van der Waals surface area contributed by atoms with Gasteiger partial charge in [-0.05, 0) is 45.1 Å². The van der Waals surface area contributed by atoms with E-state index in [4.69, 9.17) is 11.6 Å². The first kappa shape index (κ1) is 17.0. The maximum atomic E-state index is 12.6. The minimum Gasteiger partial charge on any atom is -0.349 e. The van der Waals surface area contributed by atoms with Crippen LogP contribution in [0.1, 0.15) is 55.4 Å². The fourth-order valence-electron chi connectivity index (χ4n) is 4.01. The normalized spacial score (nSPS) is 24.5. The molecular formula is C18H26ClN5O. The summed E-state index contributed by atoms with van der Waals surface area (Å²) in [6, 6.07) is 1.19. The number of halogens is 1. The van der Waals surface area contributed by atoms with Gasteiger partial charge < -0.3 is 10.2 Å². The molecule has 1 aromatic heterocycles. The van der Waals surface area contributed by atoms with Gasteiger partial charge in [-0.3, -0.25) is 9.69 Å². The Morgan fingerprint density at radius 1 is 1.16 bits per heavy atom. The van der Waals surface area contributed by atoms with Crippen molar-refractivity contribution in [2.24, 2.45) is 0 Å². The van der Waals surface area contributed by atoms with Crippen LogP contribution in [0.25, 0.3) is 0 Å². The topological polar surface area (TPSA) is 61.4 Å². The molecule has 0 bridgehead atoms. The molecule has 4 rings (SSSR count). The Balaban J connectivity index is 1.40. The van der Waals surface area contributed by atoms with Crippen molar-refractivity contribution < 1.29 is 4.79 Å². The number of anilines is 1. The third-order valence-electron chi connectivity index (χ3n) is 5.52. The van der Waals surface area contributed by atoms with Crippen molar-refractivity contribution in [2.45, 2.75) is 57.0 Å². The van der Waals surface area contributed by atoms with Gasteiger partial charge in [0.05, 0.1) is 11.2 Å². The Morgan fingerprint density at radius 3 is 2.68 bits per heavy atom. The first-order valence-electron chi connectivity index (χ1n) is 9.54.